The predicted molar refractivity (Wildman–Crippen MR) is 70.1 cm³/mol. The van der Waals surface area contributed by atoms with E-state index in [1.54, 1.807) is 6.92 Å². The van der Waals surface area contributed by atoms with Gasteiger partial charge in [-0.2, -0.15) is 0 Å². The molecule has 2 aromatic rings. The molecular formula is C11H13F3N2SSn. The maximum absolute atomic E-state index is 13.2. The first-order chi connectivity index (χ1) is 8.12. The molecular weight excluding hydrogens is 368 g/mol. The molecule has 0 atom stereocenters. The summed E-state index contributed by atoms with van der Waals surface area (Å²) in [4.78, 5) is 5.90. The minimum atomic E-state index is -4.32. The van der Waals surface area contributed by atoms with Crippen molar-refractivity contribution in [1.82, 2.24) is 8.75 Å². The van der Waals surface area contributed by atoms with Gasteiger partial charge in [0.1, 0.15) is 0 Å². The maximum atomic E-state index is 13.2. The molecule has 0 spiro atoms. The molecule has 1 aromatic heterocycles. The van der Waals surface area contributed by atoms with Crippen molar-refractivity contribution in [2.24, 2.45) is 0 Å². The van der Waals surface area contributed by atoms with E-state index in [-0.39, 0.29) is 0 Å². The molecule has 0 amide bonds. The van der Waals surface area contributed by atoms with Gasteiger partial charge in [-0.15, -0.1) is 0 Å². The zero-order valence-corrected chi connectivity index (χ0v) is 14.2. The van der Waals surface area contributed by atoms with Crippen molar-refractivity contribution in [3.8, 4) is 0 Å². The standard InChI is InChI=1S/C8H4F3N2S.3CH3.Sn/c1-4-2-5(8(9,10)11)3-6-7(4)13-14-12-6;;;;/h2H,1H3;3*1H3;. The minimum absolute atomic E-state index is 0.436. The van der Waals surface area contributed by atoms with Gasteiger partial charge in [0, 0.05) is 0 Å². The second-order valence-corrected chi connectivity index (χ2v) is 20.1. The van der Waals surface area contributed by atoms with Crippen molar-refractivity contribution in [3.63, 3.8) is 0 Å². The zero-order valence-electron chi connectivity index (χ0n) is 10.5. The number of fused-ring (bicyclic) bond motifs is 1. The van der Waals surface area contributed by atoms with Gasteiger partial charge in [-0.05, 0) is 0 Å². The first-order valence-electron chi connectivity index (χ1n) is 5.46. The Balaban J connectivity index is 2.93. The molecule has 0 N–H and O–H groups in total. The Morgan fingerprint density at radius 3 is 2.17 bits per heavy atom. The Bertz CT molecular complexity index is 599. The van der Waals surface area contributed by atoms with Gasteiger partial charge in [0.25, 0.3) is 0 Å². The van der Waals surface area contributed by atoms with Crippen molar-refractivity contribution in [1.29, 1.82) is 0 Å². The van der Waals surface area contributed by atoms with Crippen LogP contribution in [-0.4, -0.2) is 27.1 Å². The fraction of sp³-hybridized carbons (Fsp3) is 0.455. The summed E-state index contributed by atoms with van der Waals surface area (Å²) in [7, 11) is 0. The molecule has 0 aliphatic rings. The number of nitrogens with zero attached hydrogens (tertiary/aromatic N) is 2. The van der Waals surface area contributed by atoms with Gasteiger partial charge in [0.2, 0.25) is 0 Å². The second-order valence-electron chi connectivity index (χ2n) is 5.33. The van der Waals surface area contributed by atoms with Crippen molar-refractivity contribution in [2.75, 3.05) is 0 Å². The van der Waals surface area contributed by atoms with Gasteiger partial charge < -0.3 is 0 Å². The molecule has 98 valence electrons. The van der Waals surface area contributed by atoms with Gasteiger partial charge in [0.05, 0.1) is 0 Å². The molecule has 18 heavy (non-hydrogen) atoms. The van der Waals surface area contributed by atoms with E-state index in [0.717, 1.165) is 11.7 Å². The van der Waals surface area contributed by atoms with Crippen LogP contribution in [0.4, 0.5) is 13.2 Å². The van der Waals surface area contributed by atoms with E-state index >= 15 is 0 Å². The Labute approximate surface area is 111 Å². The van der Waals surface area contributed by atoms with E-state index in [0.29, 0.717) is 20.2 Å². The van der Waals surface area contributed by atoms with Crippen LogP contribution < -0.4 is 3.58 Å². The average Bonchev–Trinajstić information content (AvgIpc) is 2.62. The molecule has 0 saturated carbocycles. The number of benzene rings is 1. The number of rotatable bonds is 1. The van der Waals surface area contributed by atoms with E-state index in [1.807, 2.05) is 14.8 Å². The third kappa shape index (κ3) is 2.36. The van der Waals surface area contributed by atoms with Crippen molar-refractivity contribution >= 4 is 44.7 Å². The fourth-order valence-electron chi connectivity index (χ4n) is 2.08. The van der Waals surface area contributed by atoms with Gasteiger partial charge in [-0.25, -0.2) is 0 Å². The number of aryl methyl sites for hydroxylation is 1. The van der Waals surface area contributed by atoms with Gasteiger partial charge in [-0.1, -0.05) is 0 Å². The summed E-state index contributed by atoms with van der Waals surface area (Å²) >= 11 is -1.95. The van der Waals surface area contributed by atoms with Crippen LogP contribution in [-0.2, 0) is 6.18 Å². The Morgan fingerprint density at radius 1 is 1.11 bits per heavy atom. The van der Waals surface area contributed by atoms with Crippen LogP contribution in [0.5, 0.6) is 0 Å². The van der Waals surface area contributed by atoms with Crippen molar-refractivity contribution in [2.45, 2.75) is 27.9 Å². The number of hydrogen-bond acceptors (Lipinski definition) is 3. The van der Waals surface area contributed by atoms with Crippen LogP contribution in [0.25, 0.3) is 11.0 Å². The molecule has 0 unspecified atom stereocenters. The quantitative estimate of drug-likeness (QED) is 0.707. The molecule has 0 aliphatic carbocycles. The van der Waals surface area contributed by atoms with E-state index in [2.05, 4.69) is 8.75 Å². The van der Waals surface area contributed by atoms with Crippen molar-refractivity contribution < 1.29 is 13.2 Å². The normalized spacial score (nSPS) is 13.3. The number of hydrogen-bond donors (Lipinski definition) is 0. The molecule has 0 saturated heterocycles. The monoisotopic (exact) mass is 382 g/mol. The molecule has 1 heterocycles. The van der Waals surface area contributed by atoms with Crippen LogP contribution >= 0.6 is 11.7 Å². The summed E-state index contributed by atoms with van der Waals surface area (Å²) in [5.74, 6) is 0. The van der Waals surface area contributed by atoms with Gasteiger partial charge >= 0.3 is 112 Å². The van der Waals surface area contributed by atoms with E-state index in [1.165, 1.54) is 6.07 Å². The zero-order chi connectivity index (χ0) is 13.7. The van der Waals surface area contributed by atoms with Crippen LogP contribution in [0, 0.1) is 6.92 Å². The summed E-state index contributed by atoms with van der Waals surface area (Å²) in [5.41, 5.74) is 1.12. The number of aromatic nitrogens is 2. The van der Waals surface area contributed by atoms with E-state index in [4.69, 9.17) is 0 Å². The molecule has 7 heteroatoms. The van der Waals surface area contributed by atoms with Crippen LogP contribution in [0.2, 0.25) is 14.8 Å². The topological polar surface area (TPSA) is 25.8 Å². The third-order valence-electron chi connectivity index (χ3n) is 2.78. The summed E-state index contributed by atoms with van der Waals surface area (Å²) in [6, 6.07) is 1.22. The van der Waals surface area contributed by atoms with Crippen LogP contribution in [0.3, 0.4) is 0 Å². The first-order valence-corrected chi connectivity index (χ1v) is 16.2. The fourth-order valence-corrected chi connectivity index (χ4v) is 8.36. The average molecular weight is 381 g/mol. The molecule has 0 bridgehead atoms. The molecule has 0 radical (unpaired) electrons. The van der Waals surface area contributed by atoms with Gasteiger partial charge in [0.15, 0.2) is 0 Å². The van der Waals surface area contributed by atoms with E-state index in [9.17, 15) is 13.2 Å². The van der Waals surface area contributed by atoms with Crippen molar-refractivity contribution in [3.05, 3.63) is 17.2 Å². The van der Waals surface area contributed by atoms with Crippen LogP contribution in [0.15, 0.2) is 6.07 Å². The second kappa shape index (κ2) is 4.33. The SMILES string of the molecule is Cc1cc(C(F)(F)F)[c]([Sn]([CH3])([CH3])[CH3])c2nsnc12. The Morgan fingerprint density at radius 2 is 1.67 bits per heavy atom. The van der Waals surface area contributed by atoms with E-state index < -0.39 is 30.1 Å². The molecule has 2 nitrogen and oxygen atoms in total. The van der Waals surface area contributed by atoms with Gasteiger partial charge in [-0.3, -0.25) is 0 Å². The summed E-state index contributed by atoms with van der Waals surface area (Å²) in [5, 5.41) is 0. The summed E-state index contributed by atoms with van der Waals surface area (Å²) in [6.45, 7) is 1.65. The molecule has 0 aliphatic heterocycles. The number of alkyl halides is 3. The third-order valence-corrected chi connectivity index (χ3v) is 9.04. The van der Waals surface area contributed by atoms with Crippen LogP contribution in [0.1, 0.15) is 11.1 Å². The number of halogens is 3. The summed E-state index contributed by atoms with van der Waals surface area (Å²) in [6.07, 6.45) is -4.32. The Kier molecular flexibility index (Phi) is 3.38. The molecule has 2 rings (SSSR count). The first kappa shape index (κ1) is 14.0. The summed E-state index contributed by atoms with van der Waals surface area (Å²) < 4.78 is 48.2. The molecule has 0 fully saturated rings. The predicted octanol–water partition coefficient (Wildman–Crippen LogP) is 3.56. The molecule has 1 aromatic carbocycles. The Hall–Kier alpha value is -0.371.